The van der Waals surface area contributed by atoms with Crippen LogP contribution in [-0.4, -0.2) is 486 Å². The first-order chi connectivity index (χ1) is 69.7. The second kappa shape index (κ2) is 92.6. The number of rotatable bonds is 15. The van der Waals surface area contributed by atoms with Crippen LogP contribution in [0.3, 0.4) is 0 Å². The van der Waals surface area contributed by atoms with Crippen LogP contribution in [0.5, 0.6) is 0 Å². The number of hydrogen-bond donors (Lipinski definition) is 16. The predicted octanol–water partition coefficient (Wildman–Crippen LogP) is 9.28. The number of methoxy groups -OCH3 is 2. The zero-order valence-corrected chi connectivity index (χ0v) is 96.7. The van der Waals surface area contributed by atoms with Gasteiger partial charge in [0, 0.05) is 269 Å². The molecule has 0 atom stereocenters. The standard InChI is InChI=1S/C8H16N2O.C8H16N2.C7H15N3O.2C7H15N3.C7H14N2.C6H14N4.C6H13N3.C6H12N2O.C6H12N2.C6H16N2.2C6H11N.C5H11N3.C5H10N2O.C5H11NO.C3H8/c1-7(9)10-5-3-8(11-2)4-6-10;1-7-3-5-10(6-4-7)8(2)9;1-11-6-2-4-10(5-3-6)7(8)9;1-7(8)10-5-3-9(2)4-6-10;1-6-2-4-10(5-3-6)7(8)9;1-3-9(2)7-5-4-6-8-7;1-9-2-4-10(5-3-9)6(7)8;1-3-9(2)6-7-4-5-8-6;1-3-8(2)6-7-4-5-9-6;1-2-7-6-4-3-5-8-6;1-3-4-8-6-5-7-2;2*1-2-6-4-3-5-7-6;2*1-2-6-5-7-3-4-8-5;1-6-2-4-7-5-3-6;1-3-2/h8-9H,3-6H2,1-2H3;7,9H,3-6H2,1-2H3;6H,2-5H2,1H3,(H3,8,9);8H,3-6H2,1-2H3;6H,2-5H2,1H3,(H3,8,9);3-6H2,1-2H3;2-5H2,1H3,(H3,7,8);3-5H2,1-2H3,(H,7,8);3-5H2,1-2H3;2-5H2,1H3,(H,7,8);7-8H,3-6H2,1-2H3;2*2-5H2,1H3;2-4H2,1H3,(H2,6,7,8);2-4H2,1H3,(H,6,7);2-5H2,1H3;3H2,1-2H3. The van der Waals surface area contributed by atoms with Crippen LogP contribution in [0.1, 0.15) is 239 Å². The summed E-state index contributed by atoms with van der Waals surface area (Å²) in [4.78, 5) is 58.8. The minimum absolute atomic E-state index is 0.180. The molecule has 15 rings (SSSR count). The first kappa shape index (κ1) is 138. The molecule has 7 saturated heterocycles. The van der Waals surface area contributed by atoms with Gasteiger partial charge in [-0.25, -0.2) is 9.98 Å². The van der Waals surface area contributed by atoms with E-state index in [1.54, 1.807) is 14.2 Å². The minimum Gasteiger partial charge on any atom is -0.463 e. The third-order valence-corrected chi connectivity index (χ3v) is 25.3. The van der Waals surface area contributed by atoms with E-state index in [9.17, 15) is 0 Å². The lowest BCUT2D eigenvalue weighted by Crippen LogP contribution is -2.49. The Morgan fingerprint density at radius 1 is 0.407 bits per heavy atom. The minimum atomic E-state index is 0.180. The van der Waals surface area contributed by atoms with Crippen LogP contribution in [0.4, 0.5) is 0 Å². The molecule has 846 valence electrons. The highest BCUT2D eigenvalue weighted by atomic mass is 16.5. The summed E-state index contributed by atoms with van der Waals surface area (Å²) in [6.07, 6.45) is 24.5. The van der Waals surface area contributed by atoms with Crippen LogP contribution in [0.25, 0.3) is 0 Å². The Morgan fingerprint density at radius 2 is 0.807 bits per heavy atom. The number of nitrogens with two attached hydrogens (primary N) is 3. The largest absolute Gasteiger partial charge is 0.463 e. The molecule has 15 aliphatic heterocycles. The van der Waals surface area contributed by atoms with Crippen LogP contribution >= 0.6 is 0 Å². The van der Waals surface area contributed by atoms with E-state index < -0.39 is 0 Å². The zero-order chi connectivity index (χ0) is 109. The topological polar surface area (TPSA) is 489 Å². The lowest BCUT2D eigenvalue weighted by atomic mass is 9.99. The fraction of sp³-hybridized carbons (Fsp3) is 0.865. The summed E-state index contributed by atoms with van der Waals surface area (Å²) >= 11 is 0. The summed E-state index contributed by atoms with van der Waals surface area (Å²) in [5.74, 6) is 8.89. The molecular weight excluding hydrogens is 1830 g/mol. The lowest BCUT2D eigenvalue weighted by molar-refractivity contribution is 0.0503. The average Bonchev–Trinajstić information content (AvgIpc) is 1.84. The molecule has 0 unspecified atom stereocenters. The van der Waals surface area contributed by atoms with Crippen molar-refractivity contribution in [2.24, 2.45) is 69.0 Å². The molecule has 0 amide bonds. The molecule has 19 N–H and O–H groups in total. The van der Waals surface area contributed by atoms with Gasteiger partial charge in [0.1, 0.15) is 13.2 Å². The molecule has 41 heteroatoms. The maximum absolute atomic E-state index is 7.40. The molecule has 15 heterocycles. The number of amidine groups is 7. The van der Waals surface area contributed by atoms with Crippen molar-refractivity contribution in [3.63, 3.8) is 0 Å². The summed E-state index contributed by atoms with van der Waals surface area (Å²) in [5.41, 5.74) is 18.8. The van der Waals surface area contributed by atoms with Crippen LogP contribution in [-0.2, 0) is 23.7 Å². The number of nitrogens with one attached hydrogen (secondary N) is 13. The van der Waals surface area contributed by atoms with Crippen LogP contribution in [0.2, 0.25) is 0 Å². The van der Waals surface area contributed by atoms with E-state index in [4.69, 9.17) is 73.3 Å². The molecule has 41 nitrogen and oxygen atoms in total. The Kier molecular flexibility index (Phi) is 88.3. The summed E-state index contributed by atoms with van der Waals surface area (Å²) < 4.78 is 25.7. The second-order valence-corrected chi connectivity index (χ2v) is 37.8. The number of likely N-dealkylation sites (tertiary alicyclic amines) is 4. The average molecular weight is 2060 g/mol. The highest BCUT2D eigenvalue weighted by molar-refractivity contribution is 5.87. The van der Waals surface area contributed by atoms with E-state index in [-0.39, 0.29) is 17.9 Å². The smallest absolute Gasteiger partial charge is 0.287 e. The first-order valence-electron chi connectivity index (χ1n) is 55.3. The summed E-state index contributed by atoms with van der Waals surface area (Å²) in [6.45, 7) is 73.6. The number of aliphatic imine (C=N–C) groups is 8. The third-order valence-electron chi connectivity index (χ3n) is 25.3. The van der Waals surface area contributed by atoms with E-state index in [0.29, 0.717) is 29.9 Å². The van der Waals surface area contributed by atoms with Gasteiger partial charge in [-0.05, 0) is 218 Å². The maximum Gasteiger partial charge on any atom is 0.287 e. The number of nitrogens with zero attached hydrogens (tertiary/aromatic N) is 20. The molecule has 0 aromatic heterocycles. The van der Waals surface area contributed by atoms with Crippen molar-refractivity contribution in [1.82, 2.24) is 96.0 Å². The van der Waals surface area contributed by atoms with Crippen molar-refractivity contribution in [2.75, 3.05) is 332 Å². The normalized spacial score (nSPS) is 18.8. The molecule has 145 heavy (non-hydrogen) atoms. The fourth-order valence-electron chi connectivity index (χ4n) is 15.2. The molecule has 0 saturated carbocycles. The number of ether oxygens (including phenoxy) is 5. The Labute approximate surface area is 882 Å². The van der Waals surface area contributed by atoms with Gasteiger partial charge in [0.05, 0.1) is 80.8 Å². The molecule has 0 aliphatic carbocycles. The van der Waals surface area contributed by atoms with Crippen molar-refractivity contribution in [1.29, 1.82) is 32.5 Å². The van der Waals surface area contributed by atoms with Crippen molar-refractivity contribution in [3.05, 3.63) is 0 Å². The number of hydrogen-bond acceptors (Lipinski definition) is 32. The number of piperidine rings is 4. The molecular formula is C104H220N36O5. The Morgan fingerprint density at radius 3 is 1.14 bits per heavy atom. The highest BCUT2D eigenvalue weighted by Crippen LogP contribution is 2.18. The van der Waals surface area contributed by atoms with Crippen molar-refractivity contribution in [3.8, 4) is 0 Å². The van der Waals surface area contributed by atoms with Gasteiger partial charge in [-0.15, -0.1) is 0 Å². The summed E-state index contributed by atoms with van der Waals surface area (Å²) in [7, 11) is 17.9. The molecule has 7 fully saturated rings. The molecule has 0 aromatic carbocycles. The molecule has 15 aliphatic rings. The maximum atomic E-state index is 7.40. The number of likely N-dealkylation sites (N-methyl/N-ethyl adjacent to an activating group) is 4. The lowest BCUT2D eigenvalue weighted by Gasteiger charge is -2.32. The number of piperazine rings is 2. The van der Waals surface area contributed by atoms with Crippen LogP contribution in [0.15, 0.2) is 39.9 Å². The highest BCUT2D eigenvalue weighted by Gasteiger charge is 2.23. The molecule has 0 bridgehead atoms. The Hall–Kier alpha value is -8.74. The summed E-state index contributed by atoms with van der Waals surface area (Å²) in [5, 5.41) is 65.5. The van der Waals surface area contributed by atoms with Crippen molar-refractivity contribution in [2.45, 2.75) is 251 Å². The van der Waals surface area contributed by atoms with Gasteiger partial charge in [-0.3, -0.25) is 62.4 Å². The molecule has 0 aromatic rings. The fourth-order valence-corrected chi connectivity index (χ4v) is 15.2. The molecule has 0 spiro atoms. The molecule has 0 radical (unpaired) electrons. The SMILES string of the molecule is CC(=N)N1CCC(C)CC1.CC(=N)N1CCN(C)CC1.CC1CCN(C(=N)N)CC1.CCC.CCC1=NCCC1.CCC1=NCCC1.CCCNCCNC.CCN(C)C1=NCCC1.CCN(C)C1=NCCN1.CCN(C)C1=NCCO1.CCNC1=NCCC1.CCNC1=NCCN1.CCNC1=NCCO1.CN1CCN(C(=N)N)CC1.CN1CCOCC1.COC1CCN(C(=N)N)CC1.COC1CCN(C(C)=N)CC1. The Balaban J connectivity index is 0. The predicted molar refractivity (Wildman–Crippen MR) is 618 cm³/mol. The van der Waals surface area contributed by atoms with E-state index in [1.807, 2.05) is 68.4 Å². The zero-order valence-electron chi connectivity index (χ0n) is 96.7. The quantitative estimate of drug-likeness (QED) is 0.0412. The van der Waals surface area contributed by atoms with Gasteiger partial charge in [0.25, 0.3) is 12.0 Å². The Bertz CT molecular complexity index is 3140. The van der Waals surface area contributed by atoms with Crippen molar-refractivity contribution >= 4 is 82.4 Å². The summed E-state index contributed by atoms with van der Waals surface area (Å²) in [6, 6.07) is 1.49. The van der Waals surface area contributed by atoms with Gasteiger partial charge < -0.3 is 137 Å². The van der Waals surface area contributed by atoms with Crippen LogP contribution < -0.4 is 54.4 Å². The van der Waals surface area contributed by atoms with E-state index in [2.05, 4.69) is 228 Å². The number of guanidine groups is 5. The van der Waals surface area contributed by atoms with E-state index in [1.165, 1.54) is 119 Å². The van der Waals surface area contributed by atoms with Gasteiger partial charge in [-0.1, -0.05) is 54.9 Å². The number of morpholine rings is 1. The van der Waals surface area contributed by atoms with Gasteiger partial charge in [-0.2, -0.15) is 0 Å². The van der Waals surface area contributed by atoms with Gasteiger partial charge in [0.2, 0.25) is 0 Å². The first-order valence-corrected chi connectivity index (χ1v) is 55.3. The van der Waals surface area contributed by atoms with Crippen molar-refractivity contribution < 1.29 is 23.7 Å². The van der Waals surface area contributed by atoms with Gasteiger partial charge >= 0.3 is 0 Å². The van der Waals surface area contributed by atoms with Gasteiger partial charge in [0.15, 0.2) is 29.8 Å². The second-order valence-electron chi connectivity index (χ2n) is 37.8. The van der Waals surface area contributed by atoms with E-state index in [0.717, 1.165) is 336 Å². The van der Waals surface area contributed by atoms with Crippen LogP contribution in [0, 0.1) is 44.3 Å². The third kappa shape index (κ3) is 74.7. The monoisotopic (exact) mass is 2050 g/mol. The van der Waals surface area contributed by atoms with E-state index >= 15 is 0 Å².